The first-order valence-corrected chi connectivity index (χ1v) is 6.58. The van der Waals surface area contributed by atoms with Crippen molar-refractivity contribution in [2.75, 3.05) is 5.32 Å². The van der Waals surface area contributed by atoms with E-state index in [2.05, 4.69) is 15.3 Å². The fraction of sp³-hybridized carbons (Fsp3) is 0.100. The Bertz CT molecular complexity index is 636. The maximum Gasteiger partial charge on any atom is 0.277 e. The Balaban J connectivity index is 1.88. The number of carbonyl (C=O) groups excluding carboxylic acids is 1. The van der Waals surface area contributed by atoms with E-state index >= 15 is 0 Å². The minimum absolute atomic E-state index is 0.228. The van der Waals surface area contributed by atoms with Crippen LogP contribution in [0.25, 0.3) is 4.96 Å². The number of thiazole rings is 2. The summed E-state index contributed by atoms with van der Waals surface area (Å²) in [4.78, 5) is 22.1. The fourth-order valence-electron chi connectivity index (χ4n) is 1.47. The molecule has 0 aromatic carbocycles. The molecule has 1 amide bonds. The molecule has 0 fully saturated rings. The van der Waals surface area contributed by atoms with Crippen LogP contribution in [-0.4, -0.2) is 20.3 Å². The van der Waals surface area contributed by atoms with Crippen molar-refractivity contribution in [3.8, 4) is 0 Å². The zero-order valence-corrected chi connectivity index (χ0v) is 10.5. The molecule has 0 aliphatic heterocycles. The first-order chi connectivity index (χ1) is 8.22. The zero-order valence-electron chi connectivity index (χ0n) is 8.88. The van der Waals surface area contributed by atoms with Crippen molar-refractivity contribution in [1.29, 1.82) is 0 Å². The molecule has 0 unspecified atom stereocenters. The van der Waals surface area contributed by atoms with Gasteiger partial charge in [-0.15, -0.1) is 22.7 Å². The van der Waals surface area contributed by atoms with Crippen LogP contribution in [0.5, 0.6) is 0 Å². The number of carbonyl (C=O) groups is 1. The molecule has 0 radical (unpaired) electrons. The van der Waals surface area contributed by atoms with E-state index in [4.69, 9.17) is 0 Å². The van der Waals surface area contributed by atoms with Gasteiger partial charge >= 0.3 is 0 Å². The second kappa shape index (κ2) is 3.94. The summed E-state index contributed by atoms with van der Waals surface area (Å²) in [5, 5.41) is 5.10. The minimum Gasteiger partial charge on any atom is -0.297 e. The summed E-state index contributed by atoms with van der Waals surface area (Å²) in [6.45, 7) is 2.01. The summed E-state index contributed by atoms with van der Waals surface area (Å²) in [5.74, 6) is -0.228. The van der Waals surface area contributed by atoms with Crippen LogP contribution in [0, 0.1) is 6.92 Å². The number of aryl methyl sites for hydroxylation is 1. The lowest BCUT2D eigenvalue weighted by Gasteiger charge is -1.96. The quantitative estimate of drug-likeness (QED) is 0.773. The number of amides is 1. The number of nitrogens with one attached hydrogen (secondary N) is 1. The Labute approximate surface area is 105 Å². The van der Waals surface area contributed by atoms with Crippen molar-refractivity contribution >= 4 is 38.7 Å². The van der Waals surface area contributed by atoms with Gasteiger partial charge in [-0.05, 0) is 6.92 Å². The van der Waals surface area contributed by atoms with Gasteiger partial charge in [0.05, 0.1) is 0 Å². The number of aromatic nitrogens is 3. The highest BCUT2D eigenvalue weighted by atomic mass is 32.1. The van der Waals surface area contributed by atoms with E-state index in [1.54, 1.807) is 23.7 Å². The predicted octanol–water partition coefficient (Wildman–Crippen LogP) is 2.41. The van der Waals surface area contributed by atoms with Gasteiger partial charge in [0.15, 0.2) is 10.1 Å². The van der Waals surface area contributed by atoms with Gasteiger partial charge in [-0.3, -0.25) is 14.5 Å². The summed E-state index contributed by atoms with van der Waals surface area (Å²) in [6.07, 6.45) is 5.32. The van der Waals surface area contributed by atoms with Crippen LogP contribution in [-0.2, 0) is 0 Å². The van der Waals surface area contributed by atoms with Crippen molar-refractivity contribution in [2.45, 2.75) is 6.92 Å². The van der Waals surface area contributed by atoms with Gasteiger partial charge < -0.3 is 0 Å². The third-order valence-electron chi connectivity index (χ3n) is 2.16. The smallest absolute Gasteiger partial charge is 0.277 e. The topological polar surface area (TPSA) is 59.3 Å². The summed E-state index contributed by atoms with van der Waals surface area (Å²) in [5.41, 5.74) is 0.409. The molecule has 0 spiro atoms. The Hall–Kier alpha value is -1.73. The molecule has 3 aromatic heterocycles. The molecule has 0 aliphatic carbocycles. The molecular weight excluding hydrogens is 256 g/mol. The molecule has 0 bridgehead atoms. The molecule has 0 atom stereocenters. The fourth-order valence-corrected chi connectivity index (χ4v) is 2.80. The van der Waals surface area contributed by atoms with E-state index in [1.165, 1.54) is 16.2 Å². The van der Waals surface area contributed by atoms with E-state index in [1.807, 2.05) is 22.9 Å². The minimum atomic E-state index is -0.228. The van der Waals surface area contributed by atoms with E-state index in [0.717, 1.165) is 4.96 Å². The maximum absolute atomic E-state index is 11.8. The molecule has 3 aromatic rings. The Morgan fingerprint density at radius 1 is 1.47 bits per heavy atom. The second-order valence-corrected chi connectivity index (χ2v) is 5.56. The third kappa shape index (κ3) is 1.94. The van der Waals surface area contributed by atoms with Crippen LogP contribution in [0.3, 0.4) is 0 Å². The highest BCUT2D eigenvalue weighted by Crippen LogP contribution is 2.18. The maximum atomic E-state index is 11.8. The number of hydrogen-bond acceptors (Lipinski definition) is 5. The number of nitrogens with zero attached hydrogens (tertiary/aromatic N) is 3. The number of imidazole rings is 1. The number of hydrogen-bond donors (Lipinski definition) is 1. The molecule has 17 heavy (non-hydrogen) atoms. The van der Waals surface area contributed by atoms with Crippen LogP contribution in [0.2, 0.25) is 0 Å². The summed E-state index contributed by atoms with van der Waals surface area (Å²) >= 11 is 2.94. The molecule has 5 nitrogen and oxygen atoms in total. The molecule has 1 N–H and O–H groups in total. The van der Waals surface area contributed by atoms with Gasteiger partial charge in [0.1, 0.15) is 5.69 Å². The van der Waals surface area contributed by atoms with Crippen molar-refractivity contribution in [1.82, 2.24) is 14.4 Å². The van der Waals surface area contributed by atoms with Crippen LogP contribution in [0.1, 0.15) is 15.4 Å². The molecule has 0 saturated heterocycles. The standard InChI is InChI=1S/C10H8N4OS2/c1-6-4-14-5-7(12-10(14)17-6)8(15)13-9-11-2-3-16-9/h2-5H,1H3,(H,11,13,15). The van der Waals surface area contributed by atoms with Crippen molar-refractivity contribution < 1.29 is 4.79 Å². The summed E-state index contributed by atoms with van der Waals surface area (Å²) < 4.78 is 1.86. The molecule has 0 saturated carbocycles. The number of fused-ring (bicyclic) bond motifs is 1. The van der Waals surface area contributed by atoms with Crippen LogP contribution < -0.4 is 5.32 Å². The Kier molecular flexibility index (Phi) is 2.41. The van der Waals surface area contributed by atoms with Gasteiger partial charge in [-0.2, -0.15) is 0 Å². The van der Waals surface area contributed by atoms with Gasteiger partial charge in [-0.25, -0.2) is 9.97 Å². The predicted molar refractivity (Wildman–Crippen MR) is 67.9 cm³/mol. The molecule has 86 valence electrons. The van der Waals surface area contributed by atoms with Gasteiger partial charge in [0, 0.05) is 28.8 Å². The van der Waals surface area contributed by atoms with E-state index in [0.29, 0.717) is 10.8 Å². The summed E-state index contributed by atoms with van der Waals surface area (Å²) in [7, 11) is 0. The average Bonchev–Trinajstić information content (AvgIpc) is 2.92. The average molecular weight is 264 g/mol. The van der Waals surface area contributed by atoms with Crippen molar-refractivity contribution in [3.63, 3.8) is 0 Å². The SMILES string of the molecule is Cc1cn2cc(C(=O)Nc3nccs3)nc2s1. The van der Waals surface area contributed by atoms with E-state index in [9.17, 15) is 4.79 Å². The third-order valence-corrected chi connectivity index (χ3v) is 3.76. The first kappa shape index (κ1) is 10.4. The molecule has 3 heterocycles. The van der Waals surface area contributed by atoms with Gasteiger partial charge in [0.25, 0.3) is 5.91 Å². The molecule has 7 heteroatoms. The zero-order chi connectivity index (χ0) is 11.8. The second-order valence-electron chi connectivity index (χ2n) is 3.45. The van der Waals surface area contributed by atoms with Gasteiger partial charge in [0.2, 0.25) is 0 Å². The first-order valence-electron chi connectivity index (χ1n) is 4.88. The van der Waals surface area contributed by atoms with Crippen molar-refractivity contribution in [3.05, 3.63) is 34.5 Å². The monoisotopic (exact) mass is 264 g/mol. The lowest BCUT2D eigenvalue weighted by atomic mass is 10.4. The van der Waals surface area contributed by atoms with E-state index < -0.39 is 0 Å². The highest BCUT2D eigenvalue weighted by molar-refractivity contribution is 7.17. The molecule has 3 rings (SSSR count). The number of anilines is 1. The normalized spacial score (nSPS) is 10.9. The Morgan fingerprint density at radius 3 is 3.06 bits per heavy atom. The lowest BCUT2D eigenvalue weighted by molar-refractivity contribution is 0.102. The van der Waals surface area contributed by atoms with Crippen LogP contribution >= 0.6 is 22.7 Å². The van der Waals surface area contributed by atoms with Gasteiger partial charge in [-0.1, -0.05) is 0 Å². The van der Waals surface area contributed by atoms with Crippen LogP contribution in [0.4, 0.5) is 5.13 Å². The summed E-state index contributed by atoms with van der Waals surface area (Å²) in [6, 6.07) is 0. The molecular formula is C10H8N4OS2. The molecule has 0 aliphatic rings. The lowest BCUT2D eigenvalue weighted by Crippen LogP contribution is -2.11. The number of rotatable bonds is 2. The highest BCUT2D eigenvalue weighted by Gasteiger charge is 2.13. The Morgan fingerprint density at radius 2 is 2.35 bits per heavy atom. The largest absolute Gasteiger partial charge is 0.297 e. The van der Waals surface area contributed by atoms with Crippen LogP contribution in [0.15, 0.2) is 24.0 Å². The van der Waals surface area contributed by atoms with E-state index in [-0.39, 0.29) is 5.91 Å². The van der Waals surface area contributed by atoms with Crippen molar-refractivity contribution in [2.24, 2.45) is 0 Å².